The van der Waals surface area contributed by atoms with Gasteiger partial charge >= 0.3 is 29.8 Å². The minimum atomic E-state index is -1.94. The van der Waals surface area contributed by atoms with Crippen molar-refractivity contribution in [2.24, 2.45) is 27.1 Å². The summed E-state index contributed by atoms with van der Waals surface area (Å²) in [7, 11) is 0. The van der Waals surface area contributed by atoms with Crippen molar-refractivity contribution in [3.63, 3.8) is 0 Å². The highest BCUT2D eigenvalue weighted by Crippen LogP contribution is 2.36. The van der Waals surface area contributed by atoms with Gasteiger partial charge in [0, 0.05) is 0 Å². The Morgan fingerprint density at radius 1 is 0.472 bits per heavy atom. The Morgan fingerprint density at radius 3 is 1.19 bits per heavy atom. The molecule has 3 N–H and O–H groups in total. The van der Waals surface area contributed by atoms with Crippen LogP contribution in [0.5, 0.6) is 0 Å². The second-order valence-corrected chi connectivity index (χ2v) is 18.7. The summed E-state index contributed by atoms with van der Waals surface area (Å²) >= 11 is 0. The Labute approximate surface area is 312 Å². The van der Waals surface area contributed by atoms with E-state index in [1.807, 2.05) is 0 Å². The van der Waals surface area contributed by atoms with Crippen LogP contribution in [0.4, 0.5) is 0 Å². The summed E-state index contributed by atoms with van der Waals surface area (Å²) in [6.45, 7) is 22.3. The van der Waals surface area contributed by atoms with E-state index in [4.69, 9.17) is 37.9 Å². The van der Waals surface area contributed by atoms with Crippen LogP contribution in [0.2, 0.25) is 0 Å². The van der Waals surface area contributed by atoms with Gasteiger partial charge in [-0.2, -0.15) is 0 Å². The highest BCUT2D eigenvalue weighted by Gasteiger charge is 2.57. The van der Waals surface area contributed by atoms with Gasteiger partial charge in [0.15, 0.2) is 30.7 Å². The molecular formula is C37H62O16. The Hall–Kier alpha value is -2.89. The average molecular weight is 763 g/mol. The Morgan fingerprint density at radius 2 is 0.811 bits per heavy atom. The van der Waals surface area contributed by atoms with E-state index in [1.54, 1.807) is 104 Å². The van der Waals surface area contributed by atoms with Crippen molar-refractivity contribution in [2.45, 2.75) is 165 Å². The smallest absolute Gasteiger partial charge is 0.311 e. The Balaban J connectivity index is 2.72. The molecule has 0 aromatic rings. The molecule has 0 aliphatic carbocycles. The molecule has 2 heterocycles. The molecule has 0 bridgehead atoms. The van der Waals surface area contributed by atoms with Gasteiger partial charge in [-0.05, 0) is 104 Å². The summed E-state index contributed by atoms with van der Waals surface area (Å²) in [6.07, 6.45) is -16.8. The molecule has 0 unspecified atom stereocenters. The molecule has 10 atom stereocenters. The standard InChI is InChI=1S/C37H62O16/c1-33(2,3)28(41)46-17-19-22(49-29(42)34(4,5)6)24(51-31(44)36(10,11)12)21(40)26(48-19)53-27-25(52-32(45)37(13,14)15)23(20(39)18(16-38)47-27)50-30(43)35(7,8)9/h18-27,38-40H,16-17H2,1-15H3/t18-,19-,20-,21-,22-,23+,24-,25-,26-,27-/m1/s1. The predicted molar refractivity (Wildman–Crippen MR) is 185 cm³/mol. The van der Waals surface area contributed by atoms with Crippen molar-refractivity contribution >= 4 is 29.8 Å². The molecule has 2 fully saturated rings. The highest BCUT2D eigenvalue weighted by molar-refractivity contribution is 5.78. The average Bonchev–Trinajstić information content (AvgIpc) is 2.99. The molecule has 2 saturated heterocycles. The first-order valence-electron chi connectivity index (χ1n) is 17.8. The van der Waals surface area contributed by atoms with Crippen molar-refractivity contribution < 1.29 is 77.2 Å². The van der Waals surface area contributed by atoms with Crippen LogP contribution in [-0.4, -0.2) is 120 Å². The molecule has 0 radical (unpaired) electrons. The van der Waals surface area contributed by atoms with Crippen molar-refractivity contribution in [2.75, 3.05) is 13.2 Å². The maximum Gasteiger partial charge on any atom is 0.311 e. The lowest BCUT2D eigenvalue weighted by Crippen LogP contribution is -2.66. The number of carbonyl (C=O) groups excluding carboxylic acids is 5. The van der Waals surface area contributed by atoms with Crippen LogP contribution < -0.4 is 0 Å². The fourth-order valence-electron chi connectivity index (χ4n) is 4.54. The minimum Gasteiger partial charge on any atom is -0.462 e. The predicted octanol–water partition coefficient (Wildman–Crippen LogP) is 2.59. The lowest BCUT2D eigenvalue weighted by Gasteiger charge is -2.48. The zero-order valence-corrected chi connectivity index (χ0v) is 33.8. The van der Waals surface area contributed by atoms with Crippen molar-refractivity contribution in [3.05, 3.63) is 0 Å². The molecule has 2 rings (SSSR count). The van der Waals surface area contributed by atoms with Gasteiger partial charge in [-0.1, -0.05) is 0 Å². The van der Waals surface area contributed by atoms with Crippen LogP contribution in [0.1, 0.15) is 104 Å². The Kier molecular flexibility index (Phi) is 14.7. The summed E-state index contributed by atoms with van der Waals surface area (Å²) in [6, 6.07) is 0. The van der Waals surface area contributed by atoms with Crippen LogP contribution >= 0.6 is 0 Å². The van der Waals surface area contributed by atoms with Crippen LogP contribution in [-0.2, 0) is 61.9 Å². The van der Waals surface area contributed by atoms with Gasteiger partial charge in [-0.25, -0.2) is 0 Å². The molecule has 16 heteroatoms. The molecule has 0 spiro atoms. The van der Waals surface area contributed by atoms with E-state index >= 15 is 0 Å². The lowest BCUT2D eigenvalue weighted by atomic mass is 9.93. The van der Waals surface area contributed by atoms with Crippen molar-refractivity contribution in [3.8, 4) is 0 Å². The first-order valence-corrected chi connectivity index (χ1v) is 17.8. The van der Waals surface area contributed by atoms with Gasteiger partial charge in [-0.15, -0.1) is 0 Å². The van der Waals surface area contributed by atoms with Crippen molar-refractivity contribution in [1.82, 2.24) is 0 Å². The van der Waals surface area contributed by atoms with Gasteiger partial charge in [0.05, 0.1) is 33.7 Å². The van der Waals surface area contributed by atoms with Gasteiger partial charge in [0.25, 0.3) is 0 Å². The number of aliphatic hydroxyl groups is 3. The maximum absolute atomic E-state index is 13.3. The van der Waals surface area contributed by atoms with Gasteiger partial charge in [0.2, 0.25) is 6.29 Å². The SMILES string of the molecule is CC(C)(C)C(=O)OC[C@H]1O[C@H](O[C@H]2O[C@H](CO)[C@@H](O)[C@H](OC(=O)C(C)(C)C)[C@H]2OC(=O)C(C)(C)C)[C@H](O)[C@@H](OC(=O)C(C)(C)C)[C@@H]1OC(=O)C(C)(C)C. The van der Waals surface area contributed by atoms with Gasteiger partial charge < -0.3 is 53.2 Å². The molecule has 53 heavy (non-hydrogen) atoms. The van der Waals surface area contributed by atoms with E-state index in [9.17, 15) is 39.3 Å². The second kappa shape index (κ2) is 16.9. The van der Waals surface area contributed by atoms with E-state index in [2.05, 4.69) is 0 Å². The quantitative estimate of drug-likeness (QED) is 0.227. The highest BCUT2D eigenvalue weighted by atomic mass is 16.8. The number of esters is 5. The molecule has 2 aliphatic rings. The van der Waals surface area contributed by atoms with E-state index in [-0.39, 0.29) is 0 Å². The number of carbonyl (C=O) groups is 5. The normalized spacial score (nSPS) is 30.2. The maximum atomic E-state index is 13.3. The zero-order valence-electron chi connectivity index (χ0n) is 33.8. The Bertz CT molecular complexity index is 1310. The number of aliphatic hydroxyl groups excluding tert-OH is 3. The van der Waals surface area contributed by atoms with E-state index < -0.39 is 132 Å². The van der Waals surface area contributed by atoms with Gasteiger partial charge in [0.1, 0.15) is 31.0 Å². The fraction of sp³-hybridized carbons (Fsp3) is 0.865. The minimum absolute atomic E-state index is 0.563. The topological polar surface area (TPSA) is 220 Å². The zero-order chi connectivity index (χ0) is 41.2. The molecule has 0 saturated carbocycles. The summed E-state index contributed by atoms with van der Waals surface area (Å²) in [5.41, 5.74) is -5.32. The molecule has 306 valence electrons. The molecule has 0 aromatic heterocycles. The first-order chi connectivity index (χ1) is 23.8. The molecule has 16 nitrogen and oxygen atoms in total. The van der Waals surface area contributed by atoms with Crippen LogP contribution in [0.15, 0.2) is 0 Å². The third-order valence-electron chi connectivity index (χ3n) is 8.09. The number of rotatable bonds is 9. The van der Waals surface area contributed by atoms with Crippen LogP contribution in [0.25, 0.3) is 0 Å². The number of ether oxygens (including phenoxy) is 8. The summed E-state index contributed by atoms with van der Waals surface area (Å²) in [5.74, 6) is -3.80. The van der Waals surface area contributed by atoms with Crippen molar-refractivity contribution in [1.29, 1.82) is 0 Å². The summed E-state index contributed by atoms with van der Waals surface area (Å²) in [5, 5.41) is 33.1. The largest absolute Gasteiger partial charge is 0.462 e. The van der Waals surface area contributed by atoms with E-state index in [1.165, 1.54) is 0 Å². The first kappa shape index (κ1) is 46.3. The van der Waals surface area contributed by atoms with E-state index in [0.717, 1.165) is 0 Å². The second-order valence-electron chi connectivity index (χ2n) is 18.7. The number of hydrogen-bond acceptors (Lipinski definition) is 16. The summed E-state index contributed by atoms with van der Waals surface area (Å²) < 4.78 is 46.6. The van der Waals surface area contributed by atoms with Gasteiger partial charge in [-0.3, -0.25) is 24.0 Å². The third kappa shape index (κ3) is 12.3. The monoisotopic (exact) mass is 762 g/mol. The molecule has 0 amide bonds. The lowest BCUT2D eigenvalue weighted by molar-refractivity contribution is -0.378. The fourth-order valence-corrected chi connectivity index (χ4v) is 4.54. The number of hydrogen-bond donors (Lipinski definition) is 3. The van der Waals surface area contributed by atoms with Crippen LogP contribution in [0.3, 0.4) is 0 Å². The van der Waals surface area contributed by atoms with E-state index in [0.29, 0.717) is 0 Å². The summed E-state index contributed by atoms with van der Waals surface area (Å²) in [4.78, 5) is 65.7. The third-order valence-corrected chi connectivity index (χ3v) is 8.09. The molecule has 2 aliphatic heterocycles. The molecular weight excluding hydrogens is 700 g/mol. The molecule has 0 aromatic carbocycles. The van der Waals surface area contributed by atoms with Crippen LogP contribution in [0, 0.1) is 27.1 Å².